The summed E-state index contributed by atoms with van der Waals surface area (Å²) in [6.45, 7) is 0.799. The standard InChI is InChI=1S/C16H16N4O4/c1-18-13-12(14(21)19(2)16(18)22)20-8-11(24-15(20)17-13)9-23-10-6-4-3-5-7-10/h3-7,11H,8-9H2,1-2H3/t11-/m0/s1. The molecule has 0 spiro atoms. The van der Waals surface area contributed by atoms with Gasteiger partial charge in [-0.05, 0) is 12.1 Å². The molecule has 1 atom stereocenters. The van der Waals surface area contributed by atoms with Crippen LogP contribution in [-0.2, 0) is 20.6 Å². The summed E-state index contributed by atoms with van der Waals surface area (Å²) in [6.07, 6.45) is -0.237. The normalized spacial score (nSPS) is 16.2. The van der Waals surface area contributed by atoms with Crippen LogP contribution < -0.4 is 20.7 Å². The molecule has 1 aliphatic heterocycles. The fourth-order valence-corrected chi connectivity index (χ4v) is 2.87. The molecule has 0 saturated carbocycles. The van der Waals surface area contributed by atoms with Gasteiger partial charge in [0.05, 0.1) is 6.54 Å². The number of ether oxygens (including phenoxy) is 2. The van der Waals surface area contributed by atoms with Gasteiger partial charge in [-0.2, -0.15) is 4.98 Å². The minimum Gasteiger partial charge on any atom is -0.490 e. The van der Waals surface area contributed by atoms with Gasteiger partial charge in [-0.15, -0.1) is 0 Å². The molecule has 8 heteroatoms. The molecule has 8 nitrogen and oxygen atoms in total. The number of aromatic nitrogens is 4. The van der Waals surface area contributed by atoms with Gasteiger partial charge in [-0.1, -0.05) is 18.2 Å². The van der Waals surface area contributed by atoms with E-state index in [1.54, 1.807) is 11.6 Å². The van der Waals surface area contributed by atoms with Gasteiger partial charge in [-0.3, -0.25) is 18.5 Å². The van der Waals surface area contributed by atoms with Crippen LogP contribution in [0.5, 0.6) is 11.8 Å². The Morgan fingerprint density at radius 2 is 1.96 bits per heavy atom. The van der Waals surface area contributed by atoms with Crippen molar-refractivity contribution in [1.82, 2.24) is 18.7 Å². The van der Waals surface area contributed by atoms with Gasteiger partial charge in [0.15, 0.2) is 17.3 Å². The van der Waals surface area contributed by atoms with E-state index in [0.29, 0.717) is 30.3 Å². The van der Waals surface area contributed by atoms with Gasteiger partial charge < -0.3 is 9.47 Å². The highest BCUT2D eigenvalue weighted by Crippen LogP contribution is 2.25. The first-order chi connectivity index (χ1) is 11.6. The van der Waals surface area contributed by atoms with E-state index < -0.39 is 5.69 Å². The number of imidazole rings is 1. The van der Waals surface area contributed by atoms with E-state index >= 15 is 0 Å². The lowest BCUT2D eigenvalue weighted by molar-refractivity contribution is 0.144. The predicted molar refractivity (Wildman–Crippen MR) is 86.6 cm³/mol. The molecule has 24 heavy (non-hydrogen) atoms. The second kappa shape index (κ2) is 5.26. The average molecular weight is 328 g/mol. The number of rotatable bonds is 3. The van der Waals surface area contributed by atoms with E-state index in [4.69, 9.17) is 9.47 Å². The van der Waals surface area contributed by atoms with Crippen molar-refractivity contribution in [2.24, 2.45) is 14.1 Å². The van der Waals surface area contributed by atoms with Crippen LogP contribution in [0.2, 0.25) is 0 Å². The SMILES string of the molecule is Cn1c(=O)c2c(nc3n2C[C@@H](COc2ccccc2)O3)n(C)c1=O. The first-order valence-corrected chi connectivity index (χ1v) is 7.57. The summed E-state index contributed by atoms with van der Waals surface area (Å²) in [5.74, 6) is 0.758. The van der Waals surface area contributed by atoms with Crippen LogP contribution in [0.15, 0.2) is 39.9 Å². The smallest absolute Gasteiger partial charge is 0.332 e. The highest BCUT2D eigenvalue weighted by atomic mass is 16.6. The zero-order chi connectivity index (χ0) is 16.8. The summed E-state index contributed by atoms with van der Waals surface area (Å²) in [4.78, 5) is 28.7. The molecular weight excluding hydrogens is 312 g/mol. The lowest BCUT2D eigenvalue weighted by Gasteiger charge is -2.11. The summed E-state index contributed by atoms with van der Waals surface area (Å²) in [5, 5.41) is 0. The summed E-state index contributed by atoms with van der Waals surface area (Å²) in [7, 11) is 3.04. The number of hydrogen-bond donors (Lipinski definition) is 0. The monoisotopic (exact) mass is 328 g/mol. The Hall–Kier alpha value is -3.03. The first kappa shape index (κ1) is 14.6. The van der Waals surface area contributed by atoms with E-state index in [9.17, 15) is 9.59 Å². The van der Waals surface area contributed by atoms with E-state index in [-0.39, 0.29) is 11.7 Å². The maximum absolute atomic E-state index is 12.4. The van der Waals surface area contributed by atoms with Crippen LogP contribution in [0.1, 0.15) is 0 Å². The van der Waals surface area contributed by atoms with Gasteiger partial charge in [0.1, 0.15) is 12.4 Å². The second-order valence-corrected chi connectivity index (χ2v) is 5.75. The van der Waals surface area contributed by atoms with Crippen LogP contribution in [0.3, 0.4) is 0 Å². The second-order valence-electron chi connectivity index (χ2n) is 5.75. The quantitative estimate of drug-likeness (QED) is 0.690. The molecule has 4 rings (SSSR count). The summed E-state index contributed by atoms with van der Waals surface area (Å²) < 4.78 is 15.6. The third-order valence-corrected chi connectivity index (χ3v) is 4.15. The summed E-state index contributed by atoms with van der Waals surface area (Å²) in [5.41, 5.74) is -0.0781. The Morgan fingerprint density at radius 3 is 2.71 bits per heavy atom. The molecule has 0 saturated heterocycles. The van der Waals surface area contributed by atoms with Crippen LogP contribution in [-0.4, -0.2) is 31.4 Å². The van der Waals surface area contributed by atoms with Crippen molar-refractivity contribution in [3.8, 4) is 11.8 Å². The molecule has 1 aromatic carbocycles. The van der Waals surface area contributed by atoms with Gasteiger partial charge in [-0.25, -0.2) is 4.79 Å². The highest BCUT2D eigenvalue weighted by Gasteiger charge is 2.30. The zero-order valence-corrected chi connectivity index (χ0v) is 13.3. The van der Waals surface area contributed by atoms with Gasteiger partial charge in [0, 0.05) is 14.1 Å². The largest absolute Gasteiger partial charge is 0.490 e. The fourth-order valence-electron chi connectivity index (χ4n) is 2.87. The molecule has 0 unspecified atom stereocenters. The van der Waals surface area contributed by atoms with Gasteiger partial charge in [0.25, 0.3) is 11.6 Å². The minimum absolute atomic E-state index is 0.237. The maximum Gasteiger partial charge on any atom is 0.332 e. The number of benzene rings is 1. The molecule has 0 N–H and O–H groups in total. The first-order valence-electron chi connectivity index (χ1n) is 7.57. The number of aryl methyl sites for hydroxylation is 1. The molecule has 0 amide bonds. The number of hydrogen-bond acceptors (Lipinski definition) is 5. The molecule has 124 valence electrons. The summed E-state index contributed by atoms with van der Waals surface area (Å²) >= 11 is 0. The Balaban J connectivity index is 1.64. The molecule has 1 aliphatic rings. The van der Waals surface area contributed by atoms with Crippen molar-refractivity contribution in [3.05, 3.63) is 51.2 Å². The van der Waals surface area contributed by atoms with Crippen LogP contribution in [0, 0.1) is 0 Å². The van der Waals surface area contributed by atoms with Crippen molar-refractivity contribution in [3.63, 3.8) is 0 Å². The molecule has 0 bridgehead atoms. The number of nitrogens with zero attached hydrogens (tertiary/aromatic N) is 4. The lowest BCUT2D eigenvalue weighted by atomic mass is 10.3. The third-order valence-electron chi connectivity index (χ3n) is 4.15. The van der Waals surface area contributed by atoms with Crippen molar-refractivity contribution in [1.29, 1.82) is 0 Å². The Labute approximate surface area is 136 Å². The Morgan fingerprint density at radius 1 is 1.21 bits per heavy atom. The predicted octanol–water partition coefficient (Wildman–Crippen LogP) is 0.274. The van der Waals surface area contributed by atoms with Crippen LogP contribution in [0.4, 0.5) is 0 Å². The van der Waals surface area contributed by atoms with E-state index in [1.165, 1.54) is 11.6 Å². The Bertz CT molecular complexity index is 1030. The molecule has 0 fully saturated rings. The van der Waals surface area contributed by atoms with Crippen LogP contribution >= 0.6 is 0 Å². The average Bonchev–Trinajstić information content (AvgIpc) is 3.14. The molecule has 0 radical (unpaired) electrons. The van der Waals surface area contributed by atoms with Crippen molar-refractivity contribution < 1.29 is 9.47 Å². The van der Waals surface area contributed by atoms with Gasteiger partial charge in [0.2, 0.25) is 0 Å². The third kappa shape index (κ3) is 2.10. The van der Waals surface area contributed by atoms with Crippen molar-refractivity contribution in [2.45, 2.75) is 12.6 Å². The zero-order valence-electron chi connectivity index (χ0n) is 13.3. The van der Waals surface area contributed by atoms with E-state index in [2.05, 4.69) is 4.98 Å². The highest BCUT2D eigenvalue weighted by molar-refractivity contribution is 5.72. The number of para-hydroxylation sites is 1. The molecule has 2 aromatic heterocycles. The van der Waals surface area contributed by atoms with Crippen molar-refractivity contribution >= 4 is 11.2 Å². The summed E-state index contributed by atoms with van der Waals surface area (Å²) in [6, 6.07) is 9.79. The van der Waals surface area contributed by atoms with Gasteiger partial charge >= 0.3 is 5.69 Å². The van der Waals surface area contributed by atoms with E-state index in [1.807, 2.05) is 30.3 Å². The fraction of sp³-hybridized carbons (Fsp3) is 0.312. The maximum atomic E-state index is 12.4. The van der Waals surface area contributed by atoms with E-state index in [0.717, 1.165) is 10.3 Å². The molecule has 3 heterocycles. The topological polar surface area (TPSA) is 80.3 Å². The minimum atomic E-state index is -0.409. The molecule has 3 aromatic rings. The Kier molecular flexibility index (Phi) is 3.19. The molecule has 0 aliphatic carbocycles. The molecular formula is C16H16N4O4. The van der Waals surface area contributed by atoms with Crippen molar-refractivity contribution in [2.75, 3.05) is 6.61 Å². The number of fused-ring (bicyclic) bond motifs is 3. The lowest BCUT2D eigenvalue weighted by Crippen LogP contribution is -2.37. The van der Waals surface area contributed by atoms with Crippen LogP contribution in [0.25, 0.3) is 11.2 Å².